The number of phenolic OH excluding ortho intramolecular Hbond substituents is 1. The van der Waals surface area contributed by atoms with Crippen LogP contribution in [0.4, 0.5) is 0 Å². The highest BCUT2D eigenvalue weighted by atomic mass is 16.5. The van der Waals surface area contributed by atoms with E-state index in [1.54, 1.807) is 27.3 Å². The first kappa shape index (κ1) is 29.6. The van der Waals surface area contributed by atoms with Gasteiger partial charge in [0.2, 0.25) is 5.91 Å². The Balaban J connectivity index is 1.67. The molecule has 0 spiro atoms. The number of phenols is 1. The Morgan fingerprint density at radius 3 is 2.33 bits per heavy atom. The first-order chi connectivity index (χ1) is 19.7. The second-order valence-corrected chi connectivity index (χ2v) is 12.0. The van der Waals surface area contributed by atoms with E-state index in [-0.39, 0.29) is 24.2 Å². The van der Waals surface area contributed by atoms with E-state index in [0.717, 1.165) is 11.1 Å². The van der Waals surface area contributed by atoms with Crippen molar-refractivity contribution in [1.82, 2.24) is 9.80 Å². The Kier molecular flexibility index (Phi) is 7.33. The summed E-state index contributed by atoms with van der Waals surface area (Å²) >= 11 is 0. The molecule has 3 aliphatic rings. The predicted molar refractivity (Wildman–Crippen MR) is 151 cm³/mol. The summed E-state index contributed by atoms with van der Waals surface area (Å²) in [4.78, 5) is 70.5. The van der Waals surface area contributed by atoms with Gasteiger partial charge >= 0.3 is 0 Å². The topological polar surface area (TPSA) is 168 Å². The Morgan fingerprint density at radius 1 is 1.05 bits per heavy atom. The minimum atomic E-state index is -2.75. The van der Waals surface area contributed by atoms with Crippen LogP contribution in [-0.2, 0) is 32.1 Å². The van der Waals surface area contributed by atoms with Crippen molar-refractivity contribution in [2.75, 3.05) is 35.3 Å². The van der Waals surface area contributed by atoms with E-state index in [0.29, 0.717) is 23.4 Å². The van der Waals surface area contributed by atoms with E-state index in [9.17, 15) is 34.2 Å². The standard InChI is InChI=1S/C31H35N3O8/c1-33(2)13-14-6-7-16(42-5)12-18(14)17-8-9-21(35)23-19(17)10-15-11-20-25(34(3)4)27(37)24(30(32)40)29(39)31(20,41)28(38)22(15)26(23)36/h6-9,12,15,20,22,24-25,35,41H,10-11,13H2,1-5H3,(H2,32,40)/t15-,20-,22?,24?,25-,31-/m0/s1. The molecule has 5 rings (SSSR count). The van der Waals surface area contributed by atoms with Gasteiger partial charge in [-0.25, -0.2) is 0 Å². The van der Waals surface area contributed by atoms with Crippen molar-refractivity contribution in [3.8, 4) is 22.6 Å². The number of Topliss-reactive ketones (excluding diaryl/α,β-unsaturated/α-hetero) is 4. The normalized spacial score (nSPS) is 28.9. The van der Waals surface area contributed by atoms with Gasteiger partial charge in [0.25, 0.3) is 0 Å². The lowest BCUT2D eigenvalue weighted by atomic mass is 9.52. The number of rotatable bonds is 6. The number of aliphatic hydroxyl groups is 1. The largest absolute Gasteiger partial charge is 0.507 e. The zero-order chi connectivity index (χ0) is 30.8. The van der Waals surface area contributed by atoms with Gasteiger partial charge in [-0.1, -0.05) is 12.1 Å². The number of aromatic hydroxyl groups is 1. The Labute approximate surface area is 243 Å². The van der Waals surface area contributed by atoms with E-state index < -0.39 is 64.4 Å². The third-order valence-electron chi connectivity index (χ3n) is 9.04. The summed E-state index contributed by atoms with van der Waals surface area (Å²) < 4.78 is 5.47. The van der Waals surface area contributed by atoms with Crippen LogP contribution < -0.4 is 10.5 Å². The van der Waals surface area contributed by atoms with Gasteiger partial charge in [0.05, 0.1) is 24.6 Å². The van der Waals surface area contributed by atoms with Gasteiger partial charge in [0.1, 0.15) is 11.5 Å². The summed E-state index contributed by atoms with van der Waals surface area (Å²) in [5.74, 6) is -10.1. The highest BCUT2D eigenvalue weighted by Gasteiger charge is 2.69. The minimum absolute atomic E-state index is 0.0122. The fourth-order valence-corrected chi connectivity index (χ4v) is 7.27. The van der Waals surface area contributed by atoms with Crippen molar-refractivity contribution in [2.24, 2.45) is 29.4 Å². The SMILES string of the molecule is COc1ccc(CN(C)C)c(-c2ccc(O)c3c2C[C@H]2C[C@H]4[C@H](N(C)C)C(=O)C(C(N)=O)C(=O)[C@@]4(O)C(=O)C2C3=O)c1. The summed E-state index contributed by atoms with van der Waals surface area (Å²) in [5.41, 5.74) is 5.55. The number of primary amides is 1. The monoisotopic (exact) mass is 577 g/mol. The number of fused-ring (bicyclic) bond motifs is 3. The van der Waals surface area contributed by atoms with Crippen LogP contribution in [0.5, 0.6) is 11.5 Å². The van der Waals surface area contributed by atoms with Crippen molar-refractivity contribution >= 4 is 29.0 Å². The van der Waals surface area contributed by atoms with Gasteiger partial charge < -0.3 is 25.6 Å². The molecule has 42 heavy (non-hydrogen) atoms. The molecule has 2 aromatic rings. The number of hydrogen-bond acceptors (Lipinski definition) is 10. The number of nitrogens with two attached hydrogens (primary N) is 1. The van der Waals surface area contributed by atoms with Crippen LogP contribution in [0.2, 0.25) is 0 Å². The highest BCUT2D eigenvalue weighted by molar-refractivity contribution is 6.32. The number of likely N-dealkylation sites (N-methyl/N-ethyl adjacent to an activating group) is 1. The lowest BCUT2D eigenvalue weighted by Crippen LogP contribution is -2.74. The quantitative estimate of drug-likeness (QED) is 0.414. The molecule has 2 aromatic carbocycles. The second-order valence-electron chi connectivity index (χ2n) is 12.0. The van der Waals surface area contributed by atoms with Crippen molar-refractivity contribution in [3.63, 3.8) is 0 Å². The molecule has 2 saturated carbocycles. The van der Waals surface area contributed by atoms with Crippen LogP contribution in [0.15, 0.2) is 30.3 Å². The summed E-state index contributed by atoms with van der Waals surface area (Å²) in [6.07, 6.45) is 0.163. The molecule has 6 atom stereocenters. The van der Waals surface area contributed by atoms with Crippen molar-refractivity contribution in [1.29, 1.82) is 0 Å². The van der Waals surface area contributed by atoms with Gasteiger partial charge in [0, 0.05) is 12.5 Å². The fourth-order valence-electron chi connectivity index (χ4n) is 7.27. The van der Waals surface area contributed by atoms with Gasteiger partial charge in [-0.15, -0.1) is 0 Å². The average molecular weight is 578 g/mol. The van der Waals surface area contributed by atoms with Gasteiger partial charge in [-0.3, -0.25) is 28.9 Å². The van der Waals surface area contributed by atoms with Crippen LogP contribution in [0.25, 0.3) is 11.1 Å². The van der Waals surface area contributed by atoms with Crippen LogP contribution in [-0.4, -0.2) is 96.0 Å². The number of amides is 1. The van der Waals surface area contributed by atoms with Crippen LogP contribution in [0.1, 0.15) is 27.9 Å². The molecule has 0 saturated heterocycles. The maximum Gasteiger partial charge on any atom is 0.235 e. The van der Waals surface area contributed by atoms with E-state index >= 15 is 0 Å². The van der Waals surface area contributed by atoms with E-state index in [1.807, 2.05) is 37.2 Å². The summed E-state index contributed by atoms with van der Waals surface area (Å²) in [6.45, 7) is 0.582. The predicted octanol–water partition coefficient (Wildman–Crippen LogP) is 0.604. The lowest BCUT2D eigenvalue weighted by molar-refractivity contribution is -0.181. The van der Waals surface area contributed by atoms with E-state index in [4.69, 9.17) is 10.5 Å². The van der Waals surface area contributed by atoms with Crippen LogP contribution in [0, 0.1) is 23.7 Å². The zero-order valence-electron chi connectivity index (χ0n) is 24.2. The first-order valence-electron chi connectivity index (χ1n) is 13.8. The fraction of sp³-hybridized carbons (Fsp3) is 0.452. The molecular formula is C31H35N3O8. The Morgan fingerprint density at radius 2 is 1.74 bits per heavy atom. The van der Waals surface area contributed by atoms with Crippen molar-refractivity contribution in [3.05, 3.63) is 47.0 Å². The number of ether oxygens (including phenoxy) is 1. The summed E-state index contributed by atoms with van der Waals surface area (Å²) in [6, 6.07) is 7.60. The summed E-state index contributed by atoms with van der Waals surface area (Å²) in [7, 11) is 8.52. The molecule has 0 bridgehead atoms. The number of hydrogen-bond donors (Lipinski definition) is 3. The third kappa shape index (κ3) is 4.26. The molecule has 1 amide bonds. The lowest BCUT2D eigenvalue weighted by Gasteiger charge is -2.52. The highest BCUT2D eigenvalue weighted by Crippen LogP contribution is 2.52. The maximum absolute atomic E-state index is 14.1. The van der Waals surface area contributed by atoms with Gasteiger partial charge in [-0.2, -0.15) is 0 Å². The maximum atomic E-state index is 14.1. The van der Waals surface area contributed by atoms with Gasteiger partial charge in [-0.05, 0) is 87.4 Å². The molecular weight excluding hydrogens is 542 g/mol. The average Bonchev–Trinajstić information content (AvgIpc) is 2.90. The molecule has 2 unspecified atom stereocenters. The van der Waals surface area contributed by atoms with Crippen molar-refractivity contribution < 1.29 is 38.9 Å². The molecule has 0 aromatic heterocycles. The third-order valence-corrected chi connectivity index (χ3v) is 9.04. The van der Waals surface area contributed by atoms with E-state index in [1.165, 1.54) is 11.0 Å². The molecule has 11 heteroatoms. The number of carbonyl (C=O) groups is 5. The number of carbonyl (C=O) groups excluding carboxylic acids is 5. The molecule has 3 aliphatic carbocycles. The number of benzene rings is 2. The molecule has 0 radical (unpaired) electrons. The minimum Gasteiger partial charge on any atom is -0.507 e. The van der Waals surface area contributed by atoms with E-state index in [2.05, 4.69) is 0 Å². The van der Waals surface area contributed by atoms with Crippen molar-refractivity contribution in [2.45, 2.75) is 31.0 Å². The molecule has 4 N–H and O–H groups in total. The zero-order valence-corrected chi connectivity index (χ0v) is 24.2. The smallest absolute Gasteiger partial charge is 0.235 e. The Hall–Kier alpha value is -3.93. The van der Waals surface area contributed by atoms with Crippen LogP contribution >= 0.6 is 0 Å². The number of ketones is 4. The number of nitrogens with zero attached hydrogens (tertiary/aromatic N) is 2. The van der Waals surface area contributed by atoms with Crippen LogP contribution in [0.3, 0.4) is 0 Å². The molecule has 11 nitrogen and oxygen atoms in total. The molecule has 0 aliphatic heterocycles. The molecule has 222 valence electrons. The Bertz CT molecular complexity index is 1530. The molecule has 2 fully saturated rings. The first-order valence-corrected chi connectivity index (χ1v) is 13.8. The second kappa shape index (κ2) is 10.4. The molecule has 0 heterocycles. The number of methoxy groups -OCH3 is 1. The summed E-state index contributed by atoms with van der Waals surface area (Å²) in [5, 5.41) is 22.6. The van der Waals surface area contributed by atoms with Gasteiger partial charge in [0.15, 0.2) is 34.7 Å².